The van der Waals surface area contributed by atoms with Crippen LogP contribution in [0.2, 0.25) is 0 Å². The van der Waals surface area contributed by atoms with Gasteiger partial charge in [-0.15, -0.1) is 0 Å². The molecule has 1 aromatic heterocycles. The van der Waals surface area contributed by atoms with Gasteiger partial charge in [-0.25, -0.2) is 4.98 Å². The van der Waals surface area contributed by atoms with E-state index < -0.39 is 0 Å². The largest absolute Gasteiger partial charge is 0.332 e. The first kappa shape index (κ1) is 13.2. The summed E-state index contributed by atoms with van der Waals surface area (Å²) in [4.78, 5) is 6.48. The Morgan fingerprint density at radius 1 is 1.50 bits per heavy atom. The second-order valence-electron chi connectivity index (χ2n) is 4.68. The lowest BCUT2D eigenvalue weighted by molar-refractivity contribution is 0.330. The number of likely N-dealkylation sites (N-methyl/N-ethyl adjacent to an activating group) is 1. The van der Waals surface area contributed by atoms with Crippen molar-refractivity contribution in [2.24, 2.45) is 11.7 Å². The average molecular weight is 224 g/mol. The Morgan fingerprint density at radius 3 is 2.75 bits per heavy atom. The van der Waals surface area contributed by atoms with Gasteiger partial charge in [0.25, 0.3) is 0 Å². The van der Waals surface area contributed by atoms with Crippen molar-refractivity contribution in [1.82, 2.24) is 14.5 Å². The highest BCUT2D eigenvalue weighted by Crippen LogP contribution is 2.18. The van der Waals surface area contributed by atoms with Crippen molar-refractivity contribution in [2.75, 3.05) is 20.1 Å². The SMILES string of the molecule is CCN(C)CCn1cncc1C(N)C(C)C. The zero-order valence-electron chi connectivity index (χ0n) is 10.8. The molecule has 92 valence electrons. The van der Waals surface area contributed by atoms with Gasteiger partial charge in [0.2, 0.25) is 0 Å². The van der Waals surface area contributed by atoms with Crippen LogP contribution >= 0.6 is 0 Å². The third-order valence-electron chi connectivity index (χ3n) is 3.07. The fourth-order valence-electron chi connectivity index (χ4n) is 1.57. The molecule has 0 aliphatic rings. The molecule has 0 fully saturated rings. The van der Waals surface area contributed by atoms with E-state index in [0.29, 0.717) is 5.92 Å². The lowest BCUT2D eigenvalue weighted by Crippen LogP contribution is -2.25. The van der Waals surface area contributed by atoms with E-state index in [9.17, 15) is 0 Å². The summed E-state index contributed by atoms with van der Waals surface area (Å²) in [7, 11) is 2.12. The van der Waals surface area contributed by atoms with Gasteiger partial charge >= 0.3 is 0 Å². The van der Waals surface area contributed by atoms with Crippen molar-refractivity contribution in [3.63, 3.8) is 0 Å². The normalized spacial score (nSPS) is 13.7. The third-order valence-corrected chi connectivity index (χ3v) is 3.07. The Bertz CT molecular complexity index is 306. The molecule has 4 heteroatoms. The van der Waals surface area contributed by atoms with Crippen LogP contribution in [0, 0.1) is 5.92 Å². The fourth-order valence-corrected chi connectivity index (χ4v) is 1.57. The number of rotatable bonds is 6. The fraction of sp³-hybridized carbons (Fsp3) is 0.750. The molecule has 0 saturated heterocycles. The molecule has 0 bridgehead atoms. The third kappa shape index (κ3) is 3.32. The van der Waals surface area contributed by atoms with E-state index in [1.54, 1.807) is 0 Å². The number of nitrogens with zero attached hydrogens (tertiary/aromatic N) is 3. The molecule has 0 spiro atoms. The van der Waals surface area contributed by atoms with Crippen LogP contribution in [0.3, 0.4) is 0 Å². The van der Waals surface area contributed by atoms with Crippen LogP contribution < -0.4 is 5.73 Å². The number of nitrogens with two attached hydrogens (primary N) is 1. The first-order valence-electron chi connectivity index (χ1n) is 6.00. The number of hydrogen-bond donors (Lipinski definition) is 1. The standard InChI is InChI=1S/C12H24N4/c1-5-15(4)6-7-16-9-14-8-11(16)12(13)10(2)3/h8-10,12H,5-7,13H2,1-4H3. The molecule has 1 unspecified atom stereocenters. The van der Waals surface area contributed by atoms with E-state index in [1.807, 2.05) is 12.5 Å². The van der Waals surface area contributed by atoms with Crippen LogP contribution in [0.5, 0.6) is 0 Å². The van der Waals surface area contributed by atoms with Crippen LogP contribution in [0.4, 0.5) is 0 Å². The van der Waals surface area contributed by atoms with Crippen molar-refractivity contribution >= 4 is 0 Å². The average Bonchev–Trinajstić information content (AvgIpc) is 2.72. The van der Waals surface area contributed by atoms with Gasteiger partial charge in [-0.2, -0.15) is 0 Å². The highest BCUT2D eigenvalue weighted by Gasteiger charge is 2.14. The maximum absolute atomic E-state index is 6.15. The monoisotopic (exact) mass is 224 g/mol. The lowest BCUT2D eigenvalue weighted by atomic mass is 10.0. The van der Waals surface area contributed by atoms with Crippen molar-refractivity contribution in [3.8, 4) is 0 Å². The smallest absolute Gasteiger partial charge is 0.0949 e. The van der Waals surface area contributed by atoms with Gasteiger partial charge in [0.05, 0.1) is 12.0 Å². The van der Waals surface area contributed by atoms with Crippen LogP contribution in [-0.4, -0.2) is 34.6 Å². The molecule has 0 aromatic carbocycles. The van der Waals surface area contributed by atoms with Gasteiger partial charge in [0, 0.05) is 25.3 Å². The Balaban J connectivity index is 2.63. The van der Waals surface area contributed by atoms with Crippen molar-refractivity contribution in [1.29, 1.82) is 0 Å². The number of aromatic nitrogens is 2. The molecule has 4 nitrogen and oxygen atoms in total. The van der Waals surface area contributed by atoms with Crippen LogP contribution in [0.1, 0.15) is 32.5 Å². The second-order valence-corrected chi connectivity index (χ2v) is 4.68. The van der Waals surface area contributed by atoms with Crippen molar-refractivity contribution < 1.29 is 0 Å². The van der Waals surface area contributed by atoms with Gasteiger partial charge in [-0.3, -0.25) is 0 Å². The molecule has 1 rings (SSSR count). The van der Waals surface area contributed by atoms with Crippen molar-refractivity contribution in [3.05, 3.63) is 18.2 Å². The molecule has 2 N–H and O–H groups in total. The maximum atomic E-state index is 6.15. The highest BCUT2D eigenvalue weighted by atomic mass is 15.1. The number of imidazole rings is 1. The quantitative estimate of drug-likeness (QED) is 0.796. The van der Waals surface area contributed by atoms with Gasteiger partial charge < -0.3 is 15.2 Å². The Labute approximate surface area is 98.5 Å². The molecule has 0 saturated carbocycles. The van der Waals surface area contributed by atoms with E-state index in [-0.39, 0.29) is 6.04 Å². The summed E-state index contributed by atoms with van der Waals surface area (Å²) in [6.45, 7) is 9.50. The van der Waals surface area contributed by atoms with Crippen LogP contribution in [-0.2, 0) is 6.54 Å². The predicted octanol–water partition coefficient (Wildman–Crippen LogP) is 1.49. The first-order chi connectivity index (χ1) is 7.56. The summed E-state index contributed by atoms with van der Waals surface area (Å²) in [5.74, 6) is 0.444. The summed E-state index contributed by atoms with van der Waals surface area (Å²) in [6.07, 6.45) is 3.76. The zero-order valence-corrected chi connectivity index (χ0v) is 10.8. The van der Waals surface area contributed by atoms with Crippen molar-refractivity contribution in [2.45, 2.75) is 33.4 Å². The Hall–Kier alpha value is -0.870. The molecule has 0 aliphatic carbocycles. The summed E-state index contributed by atoms with van der Waals surface area (Å²) >= 11 is 0. The summed E-state index contributed by atoms with van der Waals surface area (Å²) in [6, 6.07) is 0.0782. The summed E-state index contributed by atoms with van der Waals surface area (Å²) in [5, 5.41) is 0. The first-order valence-corrected chi connectivity index (χ1v) is 6.00. The van der Waals surface area contributed by atoms with E-state index in [4.69, 9.17) is 5.73 Å². The van der Waals surface area contributed by atoms with Gasteiger partial charge in [-0.05, 0) is 19.5 Å². The minimum atomic E-state index is 0.0782. The van der Waals surface area contributed by atoms with E-state index in [1.165, 1.54) is 0 Å². The second kappa shape index (κ2) is 6.01. The van der Waals surface area contributed by atoms with Gasteiger partial charge in [0.1, 0.15) is 0 Å². The maximum Gasteiger partial charge on any atom is 0.0949 e. The zero-order chi connectivity index (χ0) is 12.1. The lowest BCUT2D eigenvalue weighted by Gasteiger charge is -2.20. The van der Waals surface area contributed by atoms with E-state index >= 15 is 0 Å². The molecule has 1 heterocycles. The minimum Gasteiger partial charge on any atom is -0.332 e. The molecule has 0 aliphatic heterocycles. The van der Waals surface area contributed by atoms with E-state index in [0.717, 1.165) is 25.3 Å². The topological polar surface area (TPSA) is 47.1 Å². The molecule has 1 aromatic rings. The Kier molecular flexibility index (Phi) is 4.96. The molecular weight excluding hydrogens is 200 g/mol. The molecule has 0 amide bonds. The summed E-state index contributed by atoms with van der Waals surface area (Å²) in [5.41, 5.74) is 7.29. The predicted molar refractivity (Wildman–Crippen MR) is 67.2 cm³/mol. The highest BCUT2D eigenvalue weighted by molar-refractivity contribution is 5.05. The summed E-state index contributed by atoms with van der Waals surface area (Å²) < 4.78 is 2.16. The van der Waals surface area contributed by atoms with Gasteiger partial charge in [0.15, 0.2) is 0 Å². The molecule has 0 radical (unpaired) electrons. The Morgan fingerprint density at radius 2 is 2.19 bits per heavy atom. The van der Waals surface area contributed by atoms with E-state index in [2.05, 4.69) is 42.3 Å². The number of hydrogen-bond acceptors (Lipinski definition) is 3. The molecule has 16 heavy (non-hydrogen) atoms. The van der Waals surface area contributed by atoms with Crippen LogP contribution in [0.15, 0.2) is 12.5 Å². The van der Waals surface area contributed by atoms with Crippen LogP contribution in [0.25, 0.3) is 0 Å². The minimum absolute atomic E-state index is 0.0782. The van der Waals surface area contributed by atoms with Gasteiger partial charge in [-0.1, -0.05) is 20.8 Å². The molecular formula is C12H24N4. The molecule has 1 atom stereocenters.